The van der Waals surface area contributed by atoms with Crippen molar-refractivity contribution in [2.75, 3.05) is 102 Å². The van der Waals surface area contributed by atoms with Gasteiger partial charge in [-0.1, -0.05) is 13.8 Å². The fourth-order valence-electron chi connectivity index (χ4n) is 1.68. The van der Waals surface area contributed by atoms with Crippen LogP contribution >= 0.6 is 0 Å². The van der Waals surface area contributed by atoms with E-state index in [1.54, 1.807) is 40.0 Å². The normalized spacial score (nSPS) is 9.19. The molecule has 0 aliphatic heterocycles. The molecule has 0 N–H and O–H groups in total. The fourth-order valence-corrected chi connectivity index (χ4v) is 1.68. The molecule has 0 heterocycles. The summed E-state index contributed by atoms with van der Waals surface area (Å²) < 4.78 is 18.7. The van der Waals surface area contributed by atoms with Crippen LogP contribution in [0.25, 0.3) is 0 Å². The first-order valence-electron chi connectivity index (χ1n) is 12.9. The highest BCUT2D eigenvalue weighted by atomic mass is 16.6. The van der Waals surface area contributed by atoms with Gasteiger partial charge in [0.1, 0.15) is 0 Å². The largest absolute Gasteiger partial charge is 0.466 e. The highest BCUT2D eigenvalue weighted by Gasteiger charge is 2.04. The number of carbonyl (C=O) groups is 3. The van der Waals surface area contributed by atoms with Crippen LogP contribution in [-0.4, -0.2) is 140 Å². The zero-order valence-electron chi connectivity index (χ0n) is 26.5. The molecule has 0 unspecified atom stereocenters. The van der Waals surface area contributed by atoms with Crippen molar-refractivity contribution in [3.8, 4) is 0 Å². The van der Waals surface area contributed by atoms with Crippen LogP contribution in [0, 0.1) is 0 Å². The second-order valence-electron chi connectivity index (χ2n) is 7.79. The van der Waals surface area contributed by atoms with Crippen molar-refractivity contribution in [1.82, 2.24) is 19.6 Å². The number of carbonyl (C=O) groups excluding carboxylic acids is 3. The lowest BCUT2D eigenvalue weighted by atomic mass is 10.4. The van der Waals surface area contributed by atoms with E-state index in [9.17, 15) is 14.4 Å². The predicted molar refractivity (Wildman–Crippen MR) is 152 cm³/mol. The number of amides is 2. The van der Waals surface area contributed by atoms with Crippen molar-refractivity contribution in [3.63, 3.8) is 0 Å². The van der Waals surface area contributed by atoms with Crippen molar-refractivity contribution >= 4 is 18.0 Å². The van der Waals surface area contributed by atoms with Gasteiger partial charge in [0.25, 0.3) is 0 Å². The second kappa shape index (κ2) is 36.2. The Morgan fingerprint density at radius 3 is 1.35 bits per heavy atom. The van der Waals surface area contributed by atoms with Gasteiger partial charge in [0, 0.05) is 61.3 Å². The van der Waals surface area contributed by atoms with Gasteiger partial charge in [0.05, 0.1) is 26.6 Å². The molecule has 11 nitrogen and oxygen atoms in total. The summed E-state index contributed by atoms with van der Waals surface area (Å²) in [4.78, 5) is 38.6. The van der Waals surface area contributed by atoms with Crippen LogP contribution < -0.4 is 0 Å². The number of hydrogen-bond donors (Lipinski definition) is 0. The van der Waals surface area contributed by atoms with Crippen LogP contribution in [-0.2, 0) is 28.5 Å². The van der Waals surface area contributed by atoms with Crippen molar-refractivity contribution in [2.24, 2.45) is 0 Å². The van der Waals surface area contributed by atoms with Crippen LogP contribution in [0.3, 0.4) is 0 Å². The molecule has 0 aliphatic carbocycles. The summed E-state index contributed by atoms with van der Waals surface area (Å²) in [6.45, 7) is 19.0. The Labute approximate surface area is 228 Å². The molecule has 0 fully saturated rings. The zero-order valence-corrected chi connectivity index (χ0v) is 26.5. The molecule has 0 aromatic carbocycles. The lowest BCUT2D eigenvalue weighted by Crippen LogP contribution is -2.26. The molecule has 0 spiro atoms. The number of hydrogen-bond acceptors (Lipinski definition) is 9. The molecular formula is C26H60N4O7. The van der Waals surface area contributed by atoms with Gasteiger partial charge in [-0.3, -0.25) is 14.5 Å². The lowest BCUT2D eigenvalue weighted by molar-refractivity contribution is -0.140. The van der Waals surface area contributed by atoms with Gasteiger partial charge in [-0.15, -0.1) is 0 Å². The third kappa shape index (κ3) is 47.8. The third-order valence-electron chi connectivity index (χ3n) is 4.21. The van der Waals surface area contributed by atoms with Crippen molar-refractivity contribution in [3.05, 3.63) is 0 Å². The second-order valence-corrected chi connectivity index (χ2v) is 7.79. The van der Waals surface area contributed by atoms with E-state index in [4.69, 9.17) is 9.47 Å². The van der Waals surface area contributed by atoms with E-state index in [2.05, 4.69) is 28.3 Å². The molecule has 0 saturated carbocycles. The Kier molecular flexibility index (Phi) is 44.0. The molecule has 0 radical (unpaired) electrons. The number of nitrogens with zero attached hydrogens (tertiary/aromatic N) is 4. The summed E-state index contributed by atoms with van der Waals surface area (Å²) in [7, 11) is 12.9. The minimum atomic E-state index is -0.250. The number of rotatable bonds is 11. The average molecular weight is 541 g/mol. The first-order chi connectivity index (χ1) is 17.3. The van der Waals surface area contributed by atoms with Gasteiger partial charge in [0.2, 0.25) is 5.91 Å². The first-order valence-corrected chi connectivity index (χ1v) is 12.9. The highest BCUT2D eigenvalue weighted by Crippen LogP contribution is 1.87. The molecule has 0 aromatic heterocycles. The molecule has 0 atom stereocenters. The van der Waals surface area contributed by atoms with Gasteiger partial charge >= 0.3 is 12.1 Å². The van der Waals surface area contributed by atoms with Gasteiger partial charge in [-0.05, 0) is 55.4 Å². The highest BCUT2D eigenvalue weighted by molar-refractivity contribution is 5.75. The van der Waals surface area contributed by atoms with Crippen LogP contribution in [0.15, 0.2) is 0 Å². The lowest BCUT2D eigenvalue weighted by Gasteiger charge is -2.12. The average Bonchev–Trinajstić information content (AvgIpc) is 2.87. The maximum Gasteiger partial charge on any atom is 0.409 e. The van der Waals surface area contributed by atoms with E-state index >= 15 is 0 Å². The van der Waals surface area contributed by atoms with Gasteiger partial charge in [-0.2, -0.15) is 0 Å². The fraction of sp³-hybridized carbons (Fsp3) is 0.885. The van der Waals surface area contributed by atoms with E-state index in [0.29, 0.717) is 32.9 Å². The Hall–Kier alpha value is -1.95. The molecule has 0 bridgehead atoms. The molecule has 0 rings (SSSR count). The Balaban J connectivity index is -0.000000116. The number of ether oxygens (including phenoxy) is 4. The first kappa shape index (κ1) is 45.0. The number of methoxy groups -OCH3 is 2. The topological polar surface area (TPSA) is 101 Å². The molecule has 0 saturated heterocycles. The maximum absolute atomic E-state index is 10.7. The summed E-state index contributed by atoms with van der Waals surface area (Å²) in [5.74, 6) is 0.00463. The van der Waals surface area contributed by atoms with E-state index in [1.807, 2.05) is 46.8 Å². The minimum Gasteiger partial charge on any atom is -0.466 e. The van der Waals surface area contributed by atoms with Gasteiger partial charge in [0.15, 0.2) is 0 Å². The standard InChI is InChI=1S/C6H13NO2.C6H15NO.C6H13NO.C4H11NO.C4H8O2/c1-4-7(3)6(8)9-5-2;1-4-7(2)5-6-8-3;1-4-6(8)7(3)5-2;1-5(2)4-6-3;1-3-6-4(2)5/h4-5H2,1-3H3;4-6H2,1-3H3;4-5H2,1-3H3;4H2,1-3H3;3H2,1-2H3. The van der Waals surface area contributed by atoms with E-state index < -0.39 is 0 Å². The van der Waals surface area contributed by atoms with Crippen molar-refractivity contribution < 1.29 is 33.3 Å². The van der Waals surface area contributed by atoms with Crippen molar-refractivity contribution in [1.29, 1.82) is 0 Å². The molecule has 37 heavy (non-hydrogen) atoms. The van der Waals surface area contributed by atoms with Crippen LogP contribution in [0.2, 0.25) is 0 Å². The summed E-state index contributed by atoms with van der Waals surface area (Å²) in [6.07, 6.45) is 0.365. The van der Waals surface area contributed by atoms with Gasteiger partial charge < -0.3 is 33.6 Å². The smallest absolute Gasteiger partial charge is 0.409 e. The Bertz CT molecular complexity index is 496. The van der Waals surface area contributed by atoms with Crippen molar-refractivity contribution in [2.45, 2.75) is 54.9 Å². The summed E-state index contributed by atoms with van der Waals surface area (Å²) >= 11 is 0. The quantitative estimate of drug-likeness (QED) is 0.289. The summed E-state index contributed by atoms with van der Waals surface area (Å²) in [6, 6.07) is 0. The van der Waals surface area contributed by atoms with Crippen LogP contribution in [0.1, 0.15) is 54.9 Å². The molecule has 0 aliphatic rings. The number of likely N-dealkylation sites (N-methyl/N-ethyl adjacent to an activating group) is 1. The molecule has 2 amide bonds. The van der Waals surface area contributed by atoms with E-state index in [-0.39, 0.29) is 18.0 Å². The molecular weight excluding hydrogens is 480 g/mol. The monoisotopic (exact) mass is 540 g/mol. The zero-order chi connectivity index (χ0) is 30.2. The minimum absolute atomic E-state index is 0.211. The van der Waals surface area contributed by atoms with Crippen LogP contribution in [0.5, 0.6) is 0 Å². The molecule has 0 aromatic rings. The molecule has 11 heteroatoms. The Morgan fingerprint density at radius 2 is 1.16 bits per heavy atom. The van der Waals surface area contributed by atoms with E-state index in [0.717, 1.165) is 26.2 Å². The maximum atomic E-state index is 10.7. The van der Waals surface area contributed by atoms with Gasteiger partial charge in [-0.25, -0.2) is 4.79 Å². The predicted octanol–water partition coefficient (Wildman–Crippen LogP) is 3.28. The summed E-state index contributed by atoms with van der Waals surface area (Å²) in [5, 5.41) is 0. The van der Waals surface area contributed by atoms with E-state index in [1.165, 1.54) is 11.8 Å². The molecule has 226 valence electrons. The Morgan fingerprint density at radius 1 is 0.676 bits per heavy atom. The summed E-state index contributed by atoms with van der Waals surface area (Å²) in [5.41, 5.74) is 0. The SMILES string of the molecule is CCC(=O)N(C)CC.CCN(C)CCOC.CCOC(=O)N(C)CC.CCOC(C)=O.COCN(C)C. The third-order valence-corrected chi connectivity index (χ3v) is 4.21. The number of esters is 1. The van der Waals surface area contributed by atoms with Crippen LogP contribution in [0.4, 0.5) is 4.79 Å².